The minimum atomic E-state index is 0.364. The van der Waals surface area contributed by atoms with Crippen molar-refractivity contribution in [2.75, 3.05) is 13.2 Å². The molecule has 2 nitrogen and oxygen atoms in total. The Kier molecular flexibility index (Phi) is 9.19. The van der Waals surface area contributed by atoms with E-state index in [4.69, 9.17) is 4.74 Å². The van der Waals surface area contributed by atoms with Crippen LogP contribution < -0.4 is 0 Å². The van der Waals surface area contributed by atoms with Crippen molar-refractivity contribution < 1.29 is 9.53 Å². The van der Waals surface area contributed by atoms with E-state index in [0.29, 0.717) is 11.7 Å². The molecule has 0 radical (unpaired) electrons. The summed E-state index contributed by atoms with van der Waals surface area (Å²) < 4.78 is 5.62. The predicted molar refractivity (Wildman–Crippen MR) is 75.8 cm³/mol. The van der Waals surface area contributed by atoms with Gasteiger partial charge in [0.1, 0.15) is 5.78 Å². The van der Waals surface area contributed by atoms with Crippen molar-refractivity contribution in [2.24, 2.45) is 5.92 Å². The van der Waals surface area contributed by atoms with Gasteiger partial charge in [-0.1, -0.05) is 39.0 Å². The van der Waals surface area contributed by atoms with E-state index >= 15 is 0 Å². The number of unbranched alkanes of at least 4 members (excludes halogenated alkanes) is 5. The quantitative estimate of drug-likeness (QED) is 0.507. The standard InChI is InChI=1S/C16H30O2/c1-2-3-4-5-6-7-13-18-14-9-11-15-10-8-12-16(15)17/h15H,2-14H2,1H3. The Bertz CT molecular complexity index is 213. The minimum Gasteiger partial charge on any atom is -0.381 e. The van der Waals surface area contributed by atoms with E-state index in [1.54, 1.807) is 0 Å². The summed E-state index contributed by atoms with van der Waals surface area (Å²) in [5.41, 5.74) is 0. The first-order valence-corrected chi connectivity index (χ1v) is 7.95. The molecule has 106 valence electrons. The van der Waals surface area contributed by atoms with Crippen LogP contribution in [0.5, 0.6) is 0 Å². The molecule has 0 spiro atoms. The summed E-state index contributed by atoms with van der Waals surface area (Å²) in [6.45, 7) is 4.00. The molecule has 1 fully saturated rings. The van der Waals surface area contributed by atoms with Crippen LogP contribution >= 0.6 is 0 Å². The van der Waals surface area contributed by atoms with Crippen molar-refractivity contribution in [1.29, 1.82) is 0 Å². The number of ether oxygens (including phenoxy) is 1. The summed E-state index contributed by atoms with van der Waals surface area (Å²) in [6, 6.07) is 0. The highest BCUT2D eigenvalue weighted by molar-refractivity contribution is 5.82. The van der Waals surface area contributed by atoms with Crippen LogP contribution in [0.3, 0.4) is 0 Å². The molecule has 0 aromatic carbocycles. The van der Waals surface area contributed by atoms with Gasteiger partial charge in [-0.2, -0.15) is 0 Å². The molecule has 1 aliphatic rings. The second-order valence-corrected chi connectivity index (χ2v) is 5.58. The van der Waals surface area contributed by atoms with Crippen LogP contribution in [0.2, 0.25) is 0 Å². The first kappa shape index (κ1) is 15.7. The monoisotopic (exact) mass is 254 g/mol. The van der Waals surface area contributed by atoms with E-state index in [1.165, 1.54) is 38.5 Å². The van der Waals surface area contributed by atoms with E-state index in [-0.39, 0.29) is 0 Å². The van der Waals surface area contributed by atoms with E-state index in [2.05, 4.69) is 6.92 Å². The fraction of sp³-hybridized carbons (Fsp3) is 0.938. The lowest BCUT2D eigenvalue weighted by molar-refractivity contribution is -0.120. The van der Waals surface area contributed by atoms with Gasteiger partial charge in [0.25, 0.3) is 0 Å². The Hall–Kier alpha value is -0.370. The minimum absolute atomic E-state index is 0.364. The fourth-order valence-electron chi connectivity index (χ4n) is 2.71. The van der Waals surface area contributed by atoms with Gasteiger partial charge in [-0.3, -0.25) is 4.79 Å². The van der Waals surface area contributed by atoms with Gasteiger partial charge in [-0.25, -0.2) is 0 Å². The molecule has 2 heteroatoms. The Morgan fingerprint density at radius 3 is 2.50 bits per heavy atom. The molecule has 18 heavy (non-hydrogen) atoms. The molecule has 0 aliphatic heterocycles. The van der Waals surface area contributed by atoms with Gasteiger partial charge in [0, 0.05) is 25.6 Å². The van der Waals surface area contributed by atoms with Crippen molar-refractivity contribution in [3.8, 4) is 0 Å². The molecule has 0 aromatic rings. The van der Waals surface area contributed by atoms with Crippen LogP contribution in [0.1, 0.15) is 77.6 Å². The van der Waals surface area contributed by atoms with E-state index < -0.39 is 0 Å². The van der Waals surface area contributed by atoms with E-state index in [1.807, 2.05) is 0 Å². The normalized spacial score (nSPS) is 19.6. The van der Waals surface area contributed by atoms with Gasteiger partial charge in [0.15, 0.2) is 0 Å². The molecule has 1 aliphatic carbocycles. The third kappa shape index (κ3) is 7.15. The van der Waals surface area contributed by atoms with Crippen molar-refractivity contribution in [3.05, 3.63) is 0 Å². The van der Waals surface area contributed by atoms with E-state index in [0.717, 1.165) is 45.3 Å². The van der Waals surface area contributed by atoms with Crippen molar-refractivity contribution >= 4 is 5.78 Å². The Morgan fingerprint density at radius 2 is 1.78 bits per heavy atom. The third-order valence-electron chi connectivity index (χ3n) is 3.91. The number of Topliss-reactive ketones (excluding diaryl/α,β-unsaturated/α-hetero) is 1. The van der Waals surface area contributed by atoms with Crippen LogP contribution in [0, 0.1) is 5.92 Å². The van der Waals surface area contributed by atoms with Crippen LogP contribution in [0.4, 0.5) is 0 Å². The van der Waals surface area contributed by atoms with Gasteiger partial charge >= 0.3 is 0 Å². The van der Waals surface area contributed by atoms with Gasteiger partial charge in [-0.15, -0.1) is 0 Å². The smallest absolute Gasteiger partial charge is 0.135 e. The molecule has 1 unspecified atom stereocenters. The lowest BCUT2D eigenvalue weighted by atomic mass is 10.0. The highest BCUT2D eigenvalue weighted by Gasteiger charge is 2.23. The van der Waals surface area contributed by atoms with Gasteiger partial charge in [-0.05, 0) is 32.1 Å². The molecule has 0 amide bonds. The summed E-state index contributed by atoms with van der Waals surface area (Å²) in [6.07, 6.45) is 13.1. The Balaban J connectivity index is 1.77. The Labute approximate surface area is 112 Å². The maximum Gasteiger partial charge on any atom is 0.135 e. The zero-order valence-corrected chi connectivity index (χ0v) is 12.1. The molecular weight excluding hydrogens is 224 g/mol. The summed E-state index contributed by atoms with van der Waals surface area (Å²) >= 11 is 0. The molecule has 1 saturated carbocycles. The Morgan fingerprint density at radius 1 is 1.06 bits per heavy atom. The summed E-state index contributed by atoms with van der Waals surface area (Å²) in [4.78, 5) is 11.4. The number of carbonyl (C=O) groups excluding carboxylic acids is 1. The van der Waals surface area contributed by atoms with Gasteiger partial charge in [0.05, 0.1) is 0 Å². The molecule has 0 bridgehead atoms. The zero-order chi connectivity index (χ0) is 13.1. The first-order valence-electron chi connectivity index (χ1n) is 7.95. The highest BCUT2D eigenvalue weighted by Crippen LogP contribution is 2.25. The number of rotatable bonds is 11. The maximum absolute atomic E-state index is 11.4. The zero-order valence-electron chi connectivity index (χ0n) is 12.1. The van der Waals surface area contributed by atoms with Crippen molar-refractivity contribution in [3.63, 3.8) is 0 Å². The van der Waals surface area contributed by atoms with Gasteiger partial charge in [0.2, 0.25) is 0 Å². The first-order chi connectivity index (χ1) is 8.84. The van der Waals surface area contributed by atoms with Gasteiger partial charge < -0.3 is 4.74 Å². The molecule has 0 saturated heterocycles. The molecule has 0 aromatic heterocycles. The lowest BCUT2D eigenvalue weighted by Gasteiger charge is -2.08. The average Bonchev–Trinajstić information content (AvgIpc) is 2.77. The maximum atomic E-state index is 11.4. The highest BCUT2D eigenvalue weighted by atomic mass is 16.5. The SMILES string of the molecule is CCCCCCCCOCCCC1CCCC1=O. The second kappa shape index (κ2) is 10.5. The number of hydrogen-bond acceptors (Lipinski definition) is 2. The van der Waals surface area contributed by atoms with Crippen LogP contribution in [-0.2, 0) is 9.53 Å². The van der Waals surface area contributed by atoms with Crippen LogP contribution in [0.25, 0.3) is 0 Å². The van der Waals surface area contributed by atoms with Crippen LogP contribution in [0.15, 0.2) is 0 Å². The van der Waals surface area contributed by atoms with Crippen LogP contribution in [-0.4, -0.2) is 19.0 Å². The molecule has 1 atom stereocenters. The molecule has 0 heterocycles. The largest absolute Gasteiger partial charge is 0.381 e. The van der Waals surface area contributed by atoms with E-state index in [9.17, 15) is 4.79 Å². The lowest BCUT2D eigenvalue weighted by Crippen LogP contribution is -2.07. The number of carbonyl (C=O) groups is 1. The summed E-state index contributed by atoms with van der Waals surface area (Å²) in [5.74, 6) is 0.855. The molecule has 0 N–H and O–H groups in total. The fourth-order valence-corrected chi connectivity index (χ4v) is 2.71. The average molecular weight is 254 g/mol. The third-order valence-corrected chi connectivity index (χ3v) is 3.91. The molecule has 1 rings (SSSR count). The summed E-state index contributed by atoms with van der Waals surface area (Å²) in [5, 5.41) is 0. The second-order valence-electron chi connectivity index (χ2n) is 5.58. The predicted octanol–water partition coefficient (Wildman–Crippen LogP) is 4.51. The molecular formula is C16H30O2. The van der Waals surface area contributed by atoms with Crippen molar-refractivity contribution in [2.45, 2.75) is 77.6 Å². The number of ketones is 1. The summed E-state index contributed by atoms with van der Waals surface area (Å²) in [7, 11) is 0. The number of hydrogen-bond donors (Lipinski definition) is 0. The van der Waals surface area contributed by atoms with Crippen molar-refractivity contribution in [1.82, 2.24) is 0 Å². The topological polar surface area (TPSA) is 26.3 Å².